The molecule has 4 heteroatoms. The Bertz CT molecular complexity index is 435. The summed E-state index contributed by atoms with van der Waals surface area (Å²) in [4.78, 5) is 11.9. The van der Waals surface area contributed by atoms with Crippen LogP contribution in [0.1, 0.15) is 74.6 Å². The molecule has 0 unspecified atom stereocenters. The minimum atomic E-state index is -0.189. The fourth-order valence-electron chi connectivity index (χ4n) is 2.68. The van der Waals surface area contributed by atoms with Gasteiger partial charge in [0.05, 0.1) is 12.1 Å². The van der Waals surface area contributed by atoms with Crippen molar-refractivity contribution in [3.8, 4) is 5.75 Å². The SMILES string of the molecule is [NH3+]CCCCCCCCCCCCNC(=O)c1ccccc1O. The van der Waals surface area contributed by atoms with E-state index in [2.05, 4.69) is 11.1 Å². The van der Waals surface area contributed by atoms with Crippen LogP contribution in [0.2, 0.25) is 0 Å². The first-order chi connectivity index (χ1) is 11.3. The van der Waals surface area contributed by atoms with Crippen molar-refractivity contribution in [2.45, 2.75) is 64.2 Å². The average molecular weight is 321 g/mol. The number of phenolic OH excluding ortho intramolecular Hbond substituents is 1. The van der Waals surface area contributed by atoms with E-state index in [1.165, 1.54) is 57.4 Å². The number of aromatic hydroxyl groups is 1. The normalized spacial score (nSPS) is 10.7. The molecular weight excluding hydrogens is 288 g/mol. The summed E-state index contributed by atoms with van der Waals surface area (Å²) in [7, 11) is 0. The molecule has 130 valence electrons. The summed E-state index contributed by atoms with van der Waals surface area (Å²) >= 11 is 0. The highest BCUT2D eigenvalue weighted by Crippen LogP contribution is 2.15. The summed E-state index contributed by atoms with van der Waals surface area (Å²) in [6, 6.07) is 6.65. The van der Waals surface area contributed by atoms with Gasteiger partial charge in [-0.25, -0.2) is 0 Å². The Hall–Kier alpha value is -1.55. The number of benzene rings is 1. The maximum Gasteiger partial charge on any atom is 0.255 e. The topological polar surface area (TPSA) is 77.0 Å². The van der Waals surface area contributed by atoms with Gasteiger partial charge in [0, 0.05) is 6.54 Å². The van der Waals surface area contributed by atoms with E-state index in [4.69, 9.17) is 0 Å². The van der Waals surface area contributed by atoms with Gasteiger partial charge in [-0.2, -0.15) is 0 Å². The largest absolute Gasteiger partial charge is 0.507 e. The van der Waals surface area contributed by atoms with Crippen molar-refractivity contribution in [1.82, 2.24) is 5.32 Å². The van der Waals surface area contributed by atoms with Crippen LogP contribution in [-0.4, -0.2) is 24.1 Å². The predicted octanol–water partition coefficient (Wildman–Crippen LogP) is 3.26. The second-order valence-electron chi connectivity index (χ2n) is 6.16. The smallest absolute Gasteiger partial charge is 0.255 e. The Morgan fingerprint density at radius 2 is 1.39 bits per heavy atom. The number of para-hydroxylation sites is 1. The first-order valence-electron chi connectivity index (χ1n) is 9.11. The van der Waals surface area contributed by atoms with E-state index < -0.39 is 0 Å². The van der Waals surface area contributed by atoms with E-state index in [-0.39, 0.29) is 11.7 Å². The molecule has 0 atom stereocenters. The Labute approximate surface area is 140 Å². The lowest BCUT2D eigenvalue weighted by Gasteiger charge is -2.06. The van der Waals surface area contributed by atoms with Crippen LogP contribution >= 0.6 is 0 Å². The van der Waals surface area contributed by atoms with Gasteiger partial charge in [0.2, 0.25) is 0 Å². The van der Waals surface area contributed by atoms with Crippen LogP contribution in [-0.2, 0) is 0 Å². The van der Waals surface area contributed by atoms with Crippen molar-refractivity contribution >= 4 is 5.91 Å². The summed E-state index contributed by atoms with van der Waals surface area (Å²) in [5, 5.41) is 12.5. The maximum absolute atomic E-state index is 11.9. The molecule has 0 fully saturated rings. The highest BCUT2D eigenvalue weighted by Gasteiger charge is 2.08. The first-order valence-corrected chi connectivity index (χ1v) is 9.11. The molecule has 0 aromatic heterocycles. The number of carbonyl (C=O) groups excluding carboxylic acids is 1. The molecule has 1 rings (SSSR count). The standard InChI is InChI=1S/C19H32N2O2/c20-15-11-7-5-3-1-2-4-6-8-12-16-21-19(23)17-13-9-10-14-18(17)22/h9-10,13-14,22H,1-8,11-12,15-16,20H2,(H,21,23)/p+1. The molecule has 0 saturated heterocycles. The molecule has 0 aliphatic carbocycles. The zero-order valence-electron chi connectivity index (χ0n) is 14.4. The van der Waals surface area contributed by atoms with E-state index in [0.29, 0.717) is 12.1 Å². The number of carbonyl (C=O) groups is 1. The number of quaternary nitrogens is 1. The molecule has 0 heterocycles. The van der Waals surface area contributed by atoms with Gasteiger partial charge in [0.25, 0.3) is 5.91 Å². The van der Waals surface area contributed by atoms with Gasteiger partial charge in [0.15, 0.2) is 0 Å². The molecule has 5 N–H and O–H groups in total. The Balaban J connectivity index is 1.92. The third-order valence-electron chi connectivity index (χ3n) is 4.11. The van der Waals surface area contributed by atoms with Gasteiger partial charge in [-0.15, -0.1) is 0 Å². The molecule has 0 spiro atoms. The number of phenols is 1. The van der Waals surface area contributed by atoms with Gasteiger partial charge in [-0.05, 0) is 31.4 Å². The molecule has 1 aromatic carbocycles. The minimum Gasteiger partial charge on any atom is -0.507 e. The van der Waals surface area contributed by atoms with Crippen LogP contribution in [0.3, 0.4) is 0 Å². The quantitative estimate of drug-likeness (QED) is 0.488. The lowest BCUT2D eigenvalue weighted by molar-refractivity contribution is -0.368. The monoisotopic (exact) mass is 321 g/mol. The van der Waals surface area contributed by atoms with Crippen molar-refractivity contribution in [2.75, 3.05) is 13.1 Å². The zero-order valence-corrected chi connectivity index (χ0v) is 14.4. The summed E-state index contributed by atoms with van der Waals surface area (Å²) in [6.07, 6.45) is 12.7. The number of unbranched alkanes of at least 4 members (excludes halogenated alkanes) is 9. The van der Waals surface area contributed by atoms with Crippen LogP contribution in [0.15, 0.2) is 24.3 Å². The fourth-order valence-corrected chi connectivity index (χ4v) is 2.68. The van der Waals surface area contributed by atoms with Gasteiger partial charge in [-0.3, -0.25) is 4.79 Å². The second-order valence-corrected chi connectivity index (χ2v) is 6.16. The molecule has 1 aromatic rings. The van der Waals surface area contributed by atoms with Crippen LogP contribution in [0.5, 0.6) is 5.75 Å². The summed E-state index contributed by atoms with van der Waals surface area (Å²) < 4.78 is 0. The fraction of sp³-hybridized carbons (Fsp3) is 0.632. The van der Waals surface area contributed by atoms with E-state index in [1.54, 1.807) is 18.2 Å². The van der Waals surface area contributed by atoms with Gasteiger partial charge in [-0.1, -0.05) is 57.1 Å². The number of rotatable bonds is 13. The summed E-state index contributed by atoms with van der Waals surface area (Å²) in [5.41, 5.74) is 4.22. The Morgan fingerprint density at radius 1 is 0.870 bits per heavy atom. The van der Waals surface area contributed by atoms with E-state index in [9.17, 15) is 9.90 Å². The maximum atomic E-state index is 11.9. The molecule has 0 saturated carbocycles. The van der Waals surface area contributed by atoms with Crippen LogP contribution < -0.4 is 11.1 Å². The van der Waals surface area contributed by atoms with Crippen molar-refractivity contribution in [1.29, 1.82) is 0 Å². The second kappa shape index (κ2) is 12.9. The Morgan fingerprint density at radius 3 is 1.96 bits per heavy atom. The third kappa shape index (κ3) is 9.24. The number of nitrogens with one attached hydrogen (secondary N) is 1. The van der Waals surface area contributed by atoms with Crippen molar-refractivity contribution in [3.63, 3.8) is 0 Å². The average Bonchev–Trinajstić information content (AvgIpc) is 2.56. The minimum absolute atomic E-state index is 0.0419. The Kier molecular flexibility index (Phi) is 11.0. The van der Waals surface area contributed by atoms with E-state index in [0.717, 1.165) is 19.4 Å². The lowest BCUT2D eigenvalue weighted by atomic mass is 10.1. The highest BCUT2D eigenvalue weighted by molar-refractivity contribution is 5.96. The van der Waals surface area contributed by atoms with Crippen molar-refractivity contribution < 1.29 is 15.6 Å². The number of hydrogen-bond donors (Lipinski definition) is 3. The van der Waals surface area contributed by atoms with Gasteiger partial charge < -0.3 is 16.2 Å². The molecule has 4 nitrogen and oxygen atoms in total. The zero-order chi connectivity index (χ0) is 16.8. The molecule has 0 aliphatic heterocycles. The lowest BCUT2D eigenvalue weighted by Crippen LogP contribution is -2.50. The number of hydrogen-bond acceptors (Lipinski definition) is 2. The number of amides is 1. The molecule has 1 amide bonds. The predicted molar refractivity (Wildman–Crippen MR) is 94.4 cm³/mol. The van der Waals surface area contributed by atoms with Crippen molar-refractivity contribution in [3.05, 3.63) is 29.8 Å². The van der Waals surface area contributed by atoms with E-state index >= 15 is 0 Å². The van der Waals surface area contributed by atoms with Crippen molar-refractivity contribution in [2.24, 2.45) is 0 Å². The van der Waals surface area contributed by atoms with Crippen LogP contribution in [0, 0.1) is 0 Å². The molecule has 0 aliphatic rings. The highest BCUT2D eigenvalue weighted by atomic mass is 16.3. The first kappa shape index (κ1) is 19.5. The molecule has 0 radical (unpaired) electrons. The molecule has 23 heavy (non-hydrogen) atoms. The molecule has 0 bridgehead atoms. The summed E-state index contributed by atoms with van der Waals surface area (Å²) in [5.74, 6) is -0.148. The third-order valence-corrected chi connectivity index (χ3v) is 4.11. The van der Waals surface area contributed by atoms with Crippen LogP contribution in [0.25, 0.3) is 0 Å². The van der Waals surface area contributed by atoms with Gasteiger partial charge in [0.1, 0.15) is 5.75 Å². The molecular formula is C19H33N2O2+. The van der Waals surface area contributed by atoms with Crippen LogP contribution in [0.4, 0.5) is 0 Å². The van der Waals surface area contributed by atoms with E-state index in [1.807, 2.05) is 0 Å². The summed E-state index contributed by atoms with van der Waals surface area (Å²) in [6.45, 7) is 1.75. The van der Waals surface area contributed by atoms with Gasteiger partial charge >= 0.3 is 0 Å².